The van der Waals surface area contributed by atoms with E-state index in [4.69, 9.17) is 4.98 Å². The number of piperidine rings is 1. The van der Waals surface area contributed by atoms with Crippen molar-refractivity contribution in [3.05, 3.63) is 16.1 Å². The zero-order valence-electron chi connectivity index (χ0n) is 13.7. The van der Waals surface area contributed by atoms with E-state index in [0.717, 1.165) is 25.9 Å². The van der Waals surface area contributed by atoms with Gasteiger partial charge in [-0.2, -0.15) is 11.8 Å². The van der Waals surface area contributed by atoms with Crippen LogP contribution in [0.3, 0.4) is 0 Å². The van der Waals surface area contributed by atoms with E-state index in [9.17, 15) is 4.79 Å². The lowest BCUT2D eigenvalue weighted by Crippen LogP contribution is -2.41. The molecular weight excluding hydrogens is 300 g/mol. The third-order valence-electron chi connectivity index (χ3n) is 4.15. The lowest BCUT2D eigenvalue weighted by Gasteiger charge is -2.32. The number of thiazole rings is 1. The normalized spacial score (nSPS) is 18.8. The molecule has 2 rings (SSSR count). The van der Waals surface area contributed by atoms with Gasteiger partial charge in [0, 0.05) is 29.8 Å². The maximum atomic E-state index is 12.2. The minimum atomic E-state index is 0.0777. The molecule has 1 saturated heterocycles. The molecule has 0 N–H and O–H groups in total. The van der Waals surface area contributed by atoms with Gasteiger partial charge >= 0.3 is 0 Å². The molecule has 0 spiro atoms. The van der Waals surface area contributed by atoms with Crippen LogP contribution in [-0.4, -0.2) is 40.4 Å². The Kier molecular flexibility index (Phi) is 5.36. The van der Waals surface area contributed by atoms with Crippen LogP contribution in [0.25, 0.3) is 0 Å². The average Bonchev–Trinajstić information content (AvgIpc) is 2.95. The van der Waals surface area contributed by atoms with Crippen molar-refractivity contribution in [2.75, 3.05) is 19.3 Å². The maximum absolute atomic E-state index is 12.2. The molecule has 1 aromatic heterocycles. The Morgan fingerprint density at radius 3 is 2.52 bits per heavy atom. The predicted octanol–water partition coefficient (Wildman–Crippen LogP) is 3.90. The van der Waals surface area contributed by atoms with Crippen molar-refractivity contribution in [2.24, 2.45) is 0 Å². The SMILES string of the molecule is CS[C@H](C)C(=O)N1CCC(c2nc(C(C)(C)C)cs2)CC1. The third kappa shape index (κ3) is 4.01. The summed E-state index contributed by atoms with van der Waals surface area (Å²) in [7, 11) is 0. The van der Waals surface area contributed by atoms with Crippen molar-refractivity contribution in [3.63, 3.8) is 0 Å². The van der Waals surface area contributed by atoms with Crippen LogP contribution in [0.1, 0.15) is 57.2 Å². The molecule has 0 aliphatic carbocycles. The van der Waals surface area contributed by atoms with Gasteiger partial charge in [-0.15, -0.1) is 11.3 Å². The molecule has 0 bridgehead atoms. The number of hydrogen-bond acceptors (Lipinski definition) is 4. The molecule has 1 amide bonds. The first-order valence-electron chi connectivity index (χ1n) is 7.60. The van der Waals surface area contributed by atoms with Gasteiger partial charge in [0.1, 0.15) is 0 Å². The summed E-state index contributed by atoms with van der Waals surface area (Å²) in [6.45, 7) is 10.4. The van der Waals surface area contributed by atoms with Crippen LogP contribution in [0.2, 0.25) is 0 Å². The first-order chi connectivity index (χ1) is 9.82. The molecule has 2 heterocycles. The van der Waals surface area contributed by atoms with Crippen LogP contribution in [-0.2, 0) is 10.2 Å². The van der Waals surface area contributed by atoms with Crippen LogP contribution < -0.4 is 0 Å². The molecule has 1 aliphatic rings. The highest BCUT2D eigenvalue weighted by molar-refractivity contribution is 7.99. The molecule has 0 radical (unpaired) electrons. The van der Waals surface area contributed by atoms with Crippen molar-refractivity contribution < 1.29 is 4.79 Å². The average molecular weight is 327 g/mol. The van der Waals surface area contributed by atoms with Crippen LogP contribution in [0.15, 0.2) is 5.38 Å². The summed E-state index contributed by atoms with van der Waals surface area (Å²) in [6.07, 6.45) is 4.09. The Hall–Kier alpha value is -0.550. The van der Waals surface area contributed by atoms with Crippen molar-refractivity contribution in [3.8, 4) is 0 Å². The molecule has 21 heavy (non-hydrogen) atoms. The minimum Gasteiger partial charge on any atom is -0.342 e. The second-order valence-electron chi connectivity index (χ2n) is 6.80. The largest absolute Gasteiger partial charge is 0.342 e. The predicted molar refractivity (Wildman–Crippen MR) is 92.3 cm³/mol. The zero-order chi connectivity index (χ0) is 15.6. The molecule has 0 unspecified atom stereocenters. The number of amides is 1. The number of rotatable bonds is 3. The highest BCUT2D eigenvalue weighted by Gasteiger charge is 2.28. The molecular formula is C16H26N2OS2. The van der Waals surface area contributed by atoms with Gasteiger partial charge in [0.2, 0.25) is 5.91 Å². The number of aromatic nitrogens is 1. The number of hydrogen-bond donors (Lipinski definition) is 0. The molecule has 1 aromatic rings. The Balaban J connectivity index is 1.95. The molecule has 3 nitrogen and oxygen atoms in total. The Bertz CT molecular complexity index is 485. The van der Waals surface area contributed by atoms with Crippen LogP contribution >= 0.6 is 23.1 Å². The van der Waals surface area contributed by atoms with Crippen LogP contribution in [0.4, 0.5) is 0 Å². The van der Waals surface area contributed by atoms with E-state index in [1.54, 1.807) is 23.1 Å². The van der Waals surface area contributed by atoms with E-state index in [2.05, 4.69) is 26.2 Å². The highest BCUT2D eigenvalue weighted by Crippen LogP contribution is 2.33. The summed E-state index contributed by atoms with van der Waals surface area (Å²) < 4.78 is 0. The standard InChI is InChI=1S/C16H26N2OS2/c1-11(20-5)15(19)18-8-6-12(7-9-18)14-17-13(10-21-14)16(2,3)4/h10-12H,6-9H2,1-5H3/t11-/m1/s1. The van der Waals surface area contributed by atoms with E-state index < -0.39 is 0 Å². The first kappa shape index (κ1) is 16.8. The lowest BCUT2D eigenvalue weighted by molar-refractivity contribution is -0.131. The lowest BCUT2D eigenvalue weighted by atomic mass is 9.93. The fourth-order valence-corrected chi connectivity index (χ4v) is 4.09. The van der Waals surface area contributed by atoms with E-state index >= 15 is 0 Å². The summed E-state index contributed by atoms with van der Waals surface area (Å²) in [5.74, 6) is 0.815. The summed E-state index contributed by atoms with van der Waals surface area (Å²) in [5.41, 5.74) is 1.32. The molecule has 118 valence electrons. The number of carbonyl (C=O) groups excluding carboxylic acids is 1. The maximum Gasteiger partial charge on any atom is 0.235 e. The highest BCUT2D eigenvalue weighted by atomic mass is 32.2. The minimum absolute atomic E-state index is 0.0777. The fraction of sp³-hybridized carbons (Fsp3) is 0.750. The van der Waals surface area contributed by atoms with E-state index in [1.165, 1.54) is 10.7 Å². The monoisotopic (exact) mass is 326 g/mol. The van der Waals surface area contributed by atoms with Gasteiger partial charge in [0.15, 0.2) is 0 Å². The van der Waals surface area contributed by atoms with Crippen molar-refractivity contribution >= 4 is 29.0 Å². The van der Waals surface area contributed by atoms with Crippen molar-refractivity contribution in [1.82, 2.24) is 9.88 Å². The van der Waals surface area contributed by atoms with Crippen molar-refractivity contribution in [1.29, 1.82) is 0 Å². The van der Waals surface area contributed by atoms with Gasteiger partial charge in [-0.1, -0.05) is 20.8 Å². The Labute approximate surface area is 136 Å². The van der Waals surface area contributed by atoms with Gasteiger partial charge in [0.25, 0.3) is 0 Å². The smallest absolute Gasteiger partial charge is 0.235 e. The molecule has 1 aliphatic heterocycles. The first-order valence-corrected chi connectivity index (χ1v) is 9.77. The molecule has 0 aromatic carbocycles. The van der Waals surface area contributed by atoms with Gasteiger partial charge in [-0.25, -0.2) is 4.98 Å². The van der Waals surface area contributed by atoms with Crippen LogP contribution in [0, 0.1) is 0 Å². The van der Waals surface area contributed by atoms with Gasteiger partial charge in [-0.05, 0) is 26.0 Å². The summed E-state index contributed by atoms with van der Waals surface area (Å²) in [4.78, 5) is 19.1. The van der Waals surface area contributed by atoms with Gasteiger partial charge in [0.05, 0.1) is 16.0 Å². The number of likely N-dealkylation sites (tertiary alicyclic amines) is 1. The zero-order valence-corrected chi connectivity index (χ0v) is 15.3. The van der Waals surface area contributed by atoms with E-state index in [1.807, 2.05) is 18.1 Å². The topological polar surface area (TPSA) is 33.2 Å². The fourth-order valence-electron chi connectivity index (χ4n) is 2.52. The Morgan fingerprint density at radius 1 is 1.43 bits per heavy atom. The number of nitrogens with zero attached hydrogens (tertiary/aromatic N) is 2. The van der Waals surface area contributed by atoms with E-state index in [-0.39, 0.29) is 16.6 Å². The number of thioether (sulfide) groups is 1. The summed E-state index contributed by atoms with van der Waals surface area (Å²) in [5, 5.41) is 3.53. The summed E-state index contributed by atoms with van der Waals surface area (Å²) >= 11 is 3.41. The molecule has 1 fully saturated rings. The molecule has 5 heteroatoms. The van der Waals surface area contributed by atoms with Crippen LogP contribution in [0.5, 0.6) is 0 Å². The number of carbonyl (C=O) groups is 1. The summed E-state index contributed by atoms with van der Waals surface area (Å²) in [6, 6.07) is 0. The van der Waals surface area contributed by atoms with Gasteiger partial charge in [-0.3, -0.25) is 4.79 Å². The quantitative estimate of drug-likeness (QED) is 0.844. The Morgan fingerprint density at radius 2 is 2.05 bits per heavy atom. The third-order valence-corrected chi connectivity index (χ3v) is 6.06. The second-order valence-corrected chi connectivity index (χ2v) is 8.87. The second kappa shape index (κ2) is 6.69. The molecule has 0 saturated carbocycles. The van der Waals surface area contributed by atoms with E-state index in [0.29, 0.717) is 5.92 Å². The van der Waals surface area contributed by atoms with Crippen molar-refractivity contribution in [2.45, 2.75) is 57.1 Å². The van der Waals surface area contributed by atoms with Gasteiger partial charge < -0.3 is 4.90 Å². The molecule has 1 atom stereocenters.